The van der Waals surface area contributed by atoms with Gasteiger partial charge in [-0.1, -0.05) is 6.07 Å². The van der Waals surface area contributed by atoms with Crippen LogP contribution in [0.4, 0.5) is 10.1 Å². The van der Waals surface area contributed by atoms with Crippen LogP contribution in [0.25, 0.3) is 0 Å². The van der Waals surface area contributed by atoms with Gasteiger partial charge >= 0.3 is 5.97 Å². The minimum atomic E-state index is -2.28. The van der Waals surface area contributed by atoms with Crippen molar-refractivity contribution in [2.45, 2.75) is 12.5 Å². The first kappa shape index (κ1) is 13.2. The highest BCUT2D eigenvalue weighted by Crippen LogP contribution is 2.32. The number of carboxylic acid groups (broad SMARTS) is 1. The van der Waals surface area contributed by atoms with Crippen molar-refractivity contribution in [1.29, 1.82) is 0 Å². The summed E-state index contributed by atoms with van der Waals surface area (Å²) in [6, 6.07) is 3.60. The molecule has 1 unspecified atom stereocenters. The van der Waals surface area contributed by atoms with E-state index in [4.69, 9.17) is 5.11 Å². The molecule has 0 bridgehead atoms. The third kappa shape index (κ3) is 1.97. The van der Waals surface area contributed by atoms with Crippen LogP contribution in [0.15, 0.2) is 18.2 Å². The molecule has 0 aliphatic carbocycles. The van der Waals surface area contributed by atoms with Crippen molar-refractivity contribution in [2.75, 3.05) is 11.4 Å². The van der Waals surface area contributed by atoms with Gasteiger partial charge in [-0.2, -0.15) is 0 Å². The number of rotatable bonds is 3. The van der Waals surface area contributed by atoms with Crippen LogP contribution in [-0.4, -0.2) is 40.0 Å². The molecule has 0 spiro atoms. The zero-order valence-electron chi connectivity index (χ0n) is 9.88. The molecule has 1 aliphatic heterocycles. The first-order valence-corrected chi connectivity index (χ1v) is 5.36. The second-order valence-corrected chi connectivity index (χ2v) is 4.44. The number of anilines is 1. The number of para-hydroxylation sites is 1. The number of aliphatic carboxylic acids is 1. The maximum Gasteiger partial charge on any atom is 0.337 e. The Morgan fingerprint density at radius 3 is 2.63 bits per heavy atom. The molecular weight excluding hydrogens is 257 g/mol. The van der Waals surface area contributed by atoms with E-state index in [0.717, 1.165) is 13.0 Å². The molecule has 1 aliphatic rings. The summed E-state index contributed by atoms with van der Waals surface area (Å²) < 4.78 is 13.7. The maximum atomic E-state index is 13.7. The molecule has 1 aromatic rings. The van der Waals surface area contributed by atoms with Gasteiger partial charge in [-0.3, -0.25) is 14.5 Å². The number of β-amino-alcohol motifs (C(OH)–C–C–N with tert-alkyl or cyclic N) is 1. The van der Waals surface area contributed by atoms with Crippen molar-refractivity contribution >= 4 is 23.3 Å². The van der Waals surface area contributed by atoms with Gasteiger partial charge in [0.2, 0.25) is 0 Å². The number of nitrogens with zero attached hydrogens (tertiary/aromatic N) is 1. The molecule has 1 atom stereocenters. The van der Waals surface area contributed by atoms with Crippen LogP contribution in [0.1, 0.15) is 17.3 Å². The number of carbonyl (C=O) groups is 3. The van der Waals surface area contributed by atoms with E-state index in [2.05, 4.69) is 0 Å². The lowest BCUT2D eigenvalue weighted by Crippen LogP contribution is -2.48. The number of hydrogen-bond donors (Lipinski definition) is 2. The monoisotopic (exact) mass is 267 g/mol. The van der Waals surface area contributed by atoms with Crippen molar-refractivity contribution in [1.82, 2.24) is 0 Å². The van der Waals surface area contributed by atoms with Crippen molar-refractivity contribution in [2.24, 2.45) is 0 Å². The number of ketones is 1. The molecule has 1 aromatic carbocycles. The normalized spacial score (nSPS) is 17.3. The van der Waals surface area contributed by atoms with Crippen molar-refractivity contribution < 1.29 is 29.0 Å². The summed E-state index contributed by atoms with van der Waals surface area (Å²) in [6.07, 6.45) is 0. The van der Waals surface area contributed by atoms with Crippen LogP contribution in [0.2, 0.25) is 0 Å². The number of Topliss-reactive ketones (excluding diaryl/α,β-unsaturated/α-hetero) is 1. The van der Waals surface area contributed by atoms with Gasteiger partial charge in [-0.15, -0.1) is 0 Å². The van der Waals surface area contributed by atoms with Crippen LogP contribution in [0, 0.1) is 5.82 Å². The predicted octanol–water partition coefficient (Wildman–Crippen LogP) is 0.191. The zero-order chi connectivity index (χ0) is 14.4. The quantitative estimate of drug-likeness (QED) is 0.762. The lowest BCUT2D eigenvalue weighted by Gasteiger charge is -2.25. The van der Waals surface area contributed by atoms with Gasteiger partial charge in [-0.05, 0) is 19.1 Å². The van der Waals surface area contributed by atoms with E-state index < -0.39 is 35.6 Å². The number of amides is 1. The van der Waals surface area contributed by atoms with E-state index in [1.807, 2.05) is 0 Å². The molecule has 1 heterocycles. The van der Waals surface area contributed by atoms with Crippen LogP contribution in [-0.2, 0) is 9.59 Å². The summed E-state index contributed by atoms with van der Waals surface area (Å²) in [7, 11) is 0. The Hall–Kier alpha value is -2.28. The van der Waals surface area contributed by atoms with E-state index in [1.54, 1.807) is 0 Å². The minimum Gasteiger partial charge on any atom is -0.479 e. The van der Waals surface area contributed by atoms with Crippen LogP contribution < -0.4 is 4.90 Å². The third-order valence-electron chi connectivity index (χ3n) is 2.87. The Kier molecular flexibility index (Phi) is 2.86. The van der Waals surface area contributed by atoms with E-state index >= 15 is 0 Å². The van der Waals surface area contributed by atoms with Crippen LogP contribution in [0.3, 0.4) is 0 Å². The maximum absolute atomic E-state index is 13.7. The molecule has 0 radical (unpaired) electrons. The fraction of sp³-hybridized carbons (Fsp3) is 0.250. The Labute approximate surface area is 107 Å². The lowest BCUT2D eigenvalue weighted by atomic mass is 10.1. The molecule has 6 nitrogen and oxygen atoms in total. The molecule has 0 saturated carbocycles. The summed E-state index contributed by atoms with van der Waals surface area (Å²) in [4.78, 5) is 34.8. The highest BCUT2D eigenvalue weighted by atomic mass is 19.1. The summed E-state index contributed by atoms with van der Waals surface area (Å²) in [5.41, 5.74) is -2.70. The van der Waals surface area contributed by atoms with Gasteiger partial charge in [0.05, 0.1) is 17.8 Å². The molecule has 100 valence electrons. The molecule has 0 fully saturated rings. The van der Waals surface area contributed by atoms with Gasteiger partial charge in [0.1, 0.15) is 5.82 Å². The Bertz CT molecular complexity index is 596. The average Bonchev–Trinajstić information content (AvgIpc) is 2.55. The topological polar surface area (TPSA) is 94.9 Å². The summed E-state index contributed by atoms with van der Waals surface area (Å²) in [6.45, 7) is 0.257. The Morgan fingerprint density at radius 2 is 2.05 bits per heavy atom. The van der Waals surface area contributed by atoms with Gasteiger partial charge < -0.3 is 10.2 Å². The molecular formula is C12H10FNO5. The van der Waals surface area contributed by atoms with E-state index in [-0.39, 0.29) is 11.3 Å². The molecule has 2 N–H and O–H groups in total. The first-order chi connectivity index (χ1) is 8.75. The SMILES string of the molecule is CC(O)(CN1C(=O)C(=O)c2cccc(F)c21)C(=O)O. The molecule has 0 saturated heterocycles. The molecule has 2 rings (SSSR count). The van der Waals surface area contributed by atoms with Gasteiger partial charge in [-0.25, -0.2) is 9.18 Å². The number of halogens is 1. The number of fused-ring (bicyclic) bond motifs is 1. The first-order valence-electron chi connectivity index (χ1n) is 5.36. The molecule has 0 aromatic heterocycles. The predicted molar refractivity (Wildman–Crippen MR) is 61.3 cm³/mol. The third-order valence-corrected chi connectivity index (χ3v) is 2.87. The van der Waals surface area contributed by atoms with Crippen molar-refractivity contribution in [3.05, 3.63) is 29.6 Å². The van der Waals surface area contributed by atoms with Crippen molar-refractivity contribution in [3.63, 3.8) is 0 Å². The fourth-order valence-corrected chi connectivity index (χ4v) is 1.84. The lowest BCUT2D eigenvalue weighted by molar-refractivity contribution is -0.155. The summed E-state index contributed by atoms with van der Waals surface area (Å²) >= 11 is 0. The number of benzene rings is 1. The van der Waals surface area contributed by atoms with Gasteiger partial charge in [0.15, 0.2) is 5.60 Å². The summed E-state index contributed by atoms with van der Waals surface area (Å²) in [5, 5.41) is 18.4. The fourth-order valence-electron chi connectivity index (χ4n) is 1.84. The number of aliphatic hydroxyl groups is 1. The highest BCUT2D eigenvalue weighted by molar-refractivity contribution is 6.52. The zero-order valence-corrected chi connectivity index (χ0v) is 9.88. The highest BCUT2D eigenvalue weighted by Gasteiger charge is 2.43. The number of carbonyl (C=O) groups excluding carboxylic acids is 2. The second-order valence-electron chi connectivity index (χ2n) is 4.44. The average molecular weight is 267 g/mol. The number of carboxylic acids is 1. The Morgan fingerprint density at radius 1 is 1.42 bits per heavy atom. The Balaban J connectivity index is 2.47. The van der Waals surface area contributed by atoms with Crippen molar-refractivity contribution in [3.8, 4) is 0 Å². The van der Waals surface area contributed by atoms with E-state index in [1.165, 1.54) is 12.1 Å². The standard InChI is InChI=1S/C12H10FNO5/c1-12(19,11(17)18)5-14-8-6(9(15)10(14)16)3-2-4-7(8)13/h2-4,19H,5H2,1H3,(H,17,18). The van der Waals surface area contributed by atoms with Crippen LogP contribution >= 0.6 is 0 Å². The largest absolute Gasteiger partial charge is 0.479 e. The molecule has 7 heteroatoms. The minimum absolute atomic E-state index is 0.133. The van der Waals surface area contributed by atoms with E-state index in [9.17, 15) is 23.9 Å². The van der Waals surface area contributed by atoms with E-state index in [0.29, 0.717) is 4.90 Å². The smallest absolute Gasteiger partial charge is 0.337 e. The second kappa shape index (κ2) is 4.13. The van der Waals surface area contributed by atoms with Gasteiger partial charge in [0, 0.05) is 0 Å². The number of hydrogen-bond acceptors (Lipinski definition) is 4. The molecule has 19 heavy (non-hydrogen) atoms. The van der Waals surface area contributed by atoms with Crippen LogP contribution in [0.5, 0.6) is 0 Å². The van der Waals surface area contributed by atoms with Gasteiger partial charge in [0.25, 0.3) is 11.7 Å². The molecule has 1 amide bonds. The summed E-state index contributed by atoms with van der Waals surface area (Å²) in [5.74, 6) is -4.37.